The van der Waals surface area contributed by atoms with E-state index in [1.807, 2.05) is 23.1 Å². The molecule has 1 saturated carbocycles. The van der Waals surface area contributed by atoms with E-state index in [4.69, 9.17) is 4.42 Å². The number of carbonyl (C=O) groups excluding carboxylic acids is 1. The third-order valence-corrected chi connectivity index (χ3v) is 4.70. The van der Waals surface area contributed by atoms with Gasteiger partial charge < -0.3 is 4.42 Å². The Morgan fingerprint density at radius 3 is 2.60 bits per heavy atom. The van der Waals surface area contributed by atoms with E-state index in [2.05, 4.69) is 30.7 Å². The Bertz CT molecular complexity index is 697. The molecule has 3 rings (SSSR count). The van der Waals surface area contributed by atoms with E-state index < -0.39 is 0 Å². The zero-order valence-electron chi connectivity index (χ0n) is 15.4. The fourth-order valence-electron chi connectivity index (χ4n) is 3.28. The number of aromatic nitrogens is 2. The average molecular weight is 341 g/mol. The molecule has 0 aromatic carbocycles. The molecule has 5 nitrogen and oxygen atoms in total. The first kappa shape index (κ1) is 17.6. The number of oxazole rings is 1. The van der Waals surface area contributed by atoms with Gasteiger partial charge >= 0.3 is 0 Å². The highest BCUT2D eigenvalue weighted by Crippen LogP contribution is 2.28. The Morgan fingerprint density at radius 1 is 1.24 bits per heavy atom. The summed E-state index contributed by atoms with van der Waals surface area (Å²) >= 11 is 0. The number of carbonyl (C=O) groups is 1. The quantitative estimate of drug-likeness (QED) is 0.814. The van der Waals surface area contributed by atoms with E-state index in [0.717, 1.165) is 24.4 Å². The van der Waals surface area contributed by atoms with E-state index in [0.29, 0.717) is 18.7 Å². The van der Waals surface area contributed by atoms with Gasteiger partial charge in [-0.05, 0) is 25.0 Å². The summed E-state index contributed by atoms with van der Waals surface area (Å²) in [5.41, 5.74) is -0.0703. The molecule has 1 aliphatic carbocycles. The van der Waals surface area contributed by atoms with Gasteiger partial charge in [-0.1, -0.05) is 39.7 Å². The highest BCUT2D eigenvalue weighted by Gasteiger charge is 2.29. The highest BCUT2D eigenvalue weighted by atomic mass is 16.4. The zero-order chi connectivity index (χ0) is 17.9. The number of hydrogen-bond acceptors (Lipinski definition) is 4. The number of anilines is 1. The second kappa shape index (κ2) is 7.38. The van der Waals surface area contributed by atoms with Crippen molar-refractivity contribution in [2.75, 3.05) is 4.90 Å². The van der Waals surface area contributed by atoms with Crippen molar-refractivity contribution >= 4 is 11.7 Å². The van der Waals surface area contributed by atoms with Gasteiger partial charge in [-0.2, -0.15) is 0 Å². The van der Waals surface area contributed by atoms with E-state index in [1.165, 1.54) is 12.8 Å². The van der Waals surface area contributed by atoms with Crippen molar-refractivity contribution in [1.82, 2.24) is 9.97 Å². The van der Waals surface area contributed by atoms with Crippen molar-refractivity contribution in [2.45, 2.75) is 70.8 Å². The molecule has 0 aliphatic heterocycles. The fraction of sp³-hybridized carbons (Fsp3) is 0.550. The molecule has 1 aliphatic rings. The first-order chi connectivity index (χ1) is 11.9. The summed E-state index contributed by atoms with van der Waals surface area (Å²) in [4.78, 5) is 23.5. The second-order valence-corrected chi connectivity index (χ2v) is 7.76. The maximum absolute atomic E-state index is 12.9. The maximum atomic E-state index is 12.9. The van der Waals surface area contributed by atoms with Gasteiger partial charge in [0.05, 0.1) is 6.20 Å². The Hall–Kier alpha value is -2.17. The minimum Gasteiger partial charge on any atom is -0.445 e. The van der Waals surface area contributed by atoms with Gasteiger partial charge in [0.1, 0.15) is 11.6 Å². The Kier molecular flexibility index (Phi) is 5.21. The van der Waals surface area contributed by atoms with E-state index in [1.54, 1.807) is 12.4 Å². The molecule has 0 unspecified atom stereocenters. The van der Waals surface area contributed by atoms with Crippen LogP contribution in [0.4, 0.5) is 5.82 Å². The summed E-state index contributed by atoms with van der Waals surface area (Å²) in [7, 11) is 0. The molecular weight excluding hydrogens is 314 g/mol. The van der Waals surface area contributed by atoms with Crippen LogP contribution in [0.25, 0.3) is 0 Å². The van der Waals surface area contributed by atoms with Gasteiger partial charge in [0, 0.05) is 30.5 Å². The van der Waals surface area contributed by atoms with Gasteiger partial charge in [0.2, 0.25) is 5.91 Å². The largest absolute Gasteiger partial charge is 0.445 e. The van der Waals surface area contributed by atoms with Crippen molar-refractivity contribution < 1.29 is 9.21 Å². The minimum atomic E-state index is -0.0703. The predicted octanol–water partition coefficient (Wildman–Crippen LogP) is 4.28. The molecule has 0 atom stereocenters. The van der Waals surface area contributed by atoms with Gasteiger partial charge in [0.25, 0.3) is 0 Å². The fourth-order valence-corrected chi connectivity index (χ4v) is 3.28. The number of pyridine rings is 1. The monoisotopic (exact) mass is 341 g/mol. The maximum Gasteiger partial charge on any atom is 0.228 e. The molecule has 134 valence electrons. The van der Waals surface area contributed by atoms with Crippen LogP contribution in [-0.4, -0.2) is 21.9 Å². The Morgan fingerprint density at radius 2 is 2.00 bits per heavy atom. The van der Waals surface area contributed by atoms with Gasteiger partial charge in [-0.15, -0.1) is 0 Å². The smallest absolute Gasteiger partial charge is 0.228 e. The van der Waals surface area contributed by atoms with Crippen LogP contribution in [0, 0.1) is 0 Å². The molecule has 0 radical (unpaired) electrons. The summed E-state index contributed by atoms with van der Waals surface area (Å²) in [6.07, 6.45) is 8.88. The molecule has 2 heterocycles. The van der Waals surface area contributed by atoms with Crippen molar-refractivity contribution in [3.63, 3.8) is 0 Å². The zero-order valence-corrected chi connectivity index (χ0v) is 15.4. The summed E-state index contributed by atoms with van der Waals surface area (Å²) in [6, 6.07) is 5.99. The first-order valence-electron chi connectivity index (χ1n) is 9.13. The third kappa shape index (κ3) is 4.27. The topological polar surface area (TPSA) is 59.2 Å². The van der Waals surface area contributed by atoms with E-state index in [9.17, 15) is 4.79 Å². The summed E-state index contributed by atoms with van der Waals surface area (Å²) in [5.74, 6) is 2.33. The van der Waals surface area contributed by atoms with E-state index in [-0.39, 0.29) is 17.4 Å². The normalized spacial score (nSPS) is 15.5. The predicted molar refractivity (Wildman–Crippen MR) is 97.5 cm³/mol. The average Bonchev–Trinajstić information content (AvgIpc) is 3.25. The van der Waals surface area contributed by atoms with Crippen LogP contribution in [0.15, 0.2) is 35.0 Å². The van der Waals surface area contributed by atoms with Crippen molar-refractivity contribution in [1.29, 1.82) is 0 Å². The number of aryl methyl sites for hydroxylation is 1. The molecule has 0 bridgehead atoms. The molecule has 5 heteroatoms. The number of amides is 1. The summed E-state index contributed by atoms with van der Waals surface area (Å²) in [5, 5.41) is 0. The summed E-state index contributed by atoms with van der Waals surface area (Å²) in [6.45, 7) is 6.27. The first-order valence-corrected chi connectivity index (χ1v) is 9.13. The molecule has 1 fully saturated rings. The van der Waals surface area contributed by atoms with Crippen LogP contribution < -0.4 is 4.90 Å². The van der Waals surface area contributed by atoms with Crippen molar-refractivity contribution in [3.05, 3.63) is 42.2 Å². The molecule has 0 spiro atoms. The van der Waals surface area contributed by atoms with Gasteiger partial charge in [-0.3, -0.25) is 9.69 Å². The lowest BCUT2D eigenvalue weighted by molar-refractivity contribution is -0.119. The Labute approximate surface area is 149 Å². The third-order valence-electron chi connectivity index (χ3n) is 4.70. The molecule has 0 saturated heterocycles. The second-order valence-electron chi connectivity index (χ2n) is 7.76. The minimum absolute atomic E-state index is 0.0703. The van der Waals surface area contributed by atoms with Crippen LogP contribution >= 0.6 is 0 Å². The molecular formula is C20H27N3O2. The van der Waals surface area contributed by atoms with Crippen LogP contribution in [0.1, 0.15) is 64.5 Å². The molecule has 1 amide bonds. The summed E-state index contributed by atoms with van der Waals surface area (Å²) < 4.78 is 5.81. The molecule has 2 aromatic heterocycles. The van der Waals surface area contributed by atoms with Crippen LogP contribution in [-0.2, 0) is 16.6 Å². The van der Waals surface area contributed by atoms with Crippen LogP contribution in [0.2, 0.25) is 0 Å². The number of rotatable bonds is 5. The van der Waals surface area contributed by atoms with Gasteiger partial charge in [0.15, 0.2) is 5.89 Å². The molecule has 25 heavy (non-hydrogen) atoms. The van der Waals surface area contributed by atoms with Crippen molar-refractivity contribution in [2.24, 2.45) is 0 Å². The molecule has 0 N–H and O–H groups in total. The highest BCUT2D eigenvalue weighted by molar-refractivity contribution is 5.93. The lowest BCUT2D eigenvalue weighted by Crippen LogP contribution is -2.39. The van der Waals surface area contributed by atoms with Crippen LogP contribution in [0.3, 0.4) is 0 Å². The van der Waals surface area contributed by atoms with Crippen molar-refractivity contribution in [3.8, 4) is 0 Å². The Balaban J connectivity index is 1.69. The number of nitrogens with zero attached hydrogens (tertiary/aromatic N) is 3. The van der Waals surface area contributed by atoms with Crippen LogP contribution in [0.5, 0.6) is 0 Å². The lowest BCUT2D eigenvalue weighted by atomic mass is 9.94. The van der Waals surface area contributed by atoms with Gasteiger partial charge in [-0.25, -0.2) is 9.97 Å². The lowest BCUT2D eigenvalue weighted by Gasteiger charge is -2.28. The molecule has 2 aromatic rings. The SMILES string of the molecule is CC(C)(C)c1cnc(CCC(=O)N(c2ccccn2)C2CCCC2)o1. The standard InChI is InChI=1S/C20H27N3O2/c1-20(2,3)16-14-22-18(25-16)11-12-19(24)23(15-8-4-5-9-15)17-10-6-7-13-21-17/h6-7,10,13-15H,4-5,8-9,11-12H2,1-3H3. The number of hydrogen-bond donors (Lipinski definition) is 0. The van der Waals surface area contributed by atoms with E-state index >= 15 is 0 Å².